The number of anilines is 1. The van der Waals surface area contributed by atoms with E-state index in [0.717, 1.165) is 5.56 Å². The second-order valence-electron chi connectivity index (χ2n) is 4.10. The van der Waals surface area contributed by atoms with Crippen LogP contribution in [-0.2, 0) is 0 Å². The number of nitriles is 1. The predicted molar refractivity (Wildman–Crippen MR) is 73.4 cm³/mol. The van der Waals surface area contributed by atoms with E-state index in [1.165, 1.54) is 0 Å². The SMILES string of the molecule is COc1ccc(N)cc1Oc1ccc(C#N)cc1C. The zero-order valence-electron chi connectivity index (χ0n) is 10.8. The van der Waals surface area contributed by atoms with Gasteiger partial charge in [-0.2, -0.15) is 5.26 Å². The molecule has 0 aromatic heterocycles. The van der Waals surface area contributed by atoms with Crippen LogP contribution in [0.1, 0.15) is 11.1 Å². The van der Waals surface area contributed by atoms with Crippen LogP contribution in [0.4, 0.5) is 5.69 Å². The van der Waals surface area contributed by atoms with Crippen molar-refractivity contribution in [1.82, 2.24) is 0 Å². The van der Waals surface area contributed by atoms with E-state index in [9.17, 15) is 0 Å². The Morgan fingerprint density at radius 1 is 1.05 bits per heavy atom. The average molecular weight is 254 g/mol. The summed E-state index contributed by atoms with van der Waals surface area (Å²) in [5, 5.41) is 8.83. The lowest BCUT2D eigenvalue weighted by molar-refractivity contribution is 0.378. The molecule has 0 saturated heterocycles. The van der Waals surface area contributed by atoms with E-state index in [1.54, 1.807) is 43.5 Å². The molecule has 0 spiro atoms. The molecule has 0 aliphatic rings. The highest BCUT2D eigenvalue weighted by molar-refractivity contribution is 5.54. The molecule has 0 unspecified atom stereocenters. The van der Waals surface area contributed by atoms with Crippen LogP contribution in [-0.4, -0.2) is 7.11 Å². The molecular formula is C15H14N2O2. The molecule has 0 saturated carbocycles. The van der Waals surface area contributed by atoms with Gasteiger partial charge in [-0.1, -0.05) is 0 Å². The summed E-state index contributed by atoms with van der Waals surface area (Å²) in [6.45, 7) is 1.88. The van der Waals surface area contributed by atoms with Crippen LogP contribution < -0.4 is 15.2 Å². The molecule has 2 aromatic carbocycles. The van der Waals surface area contributed by atoms with Crippen molar-refractivity contribution in [3.63, 3.8) is 0 Å². The smallest absolute Gasteiger partial charge is 0.171 e. The van der Waals surface area contributed by atoms with Gasteiger partial charge in [0.2, 0.25) is 0 Å². The first-order chi connectivity index (χ1) is 9.13. The molecule has 19 heavy (non-hydrogen) atoms. The molecule has 0 amide bonds. The van der Waals surface area contributed by atoms with Gasteiger partial charge < -0.3 is 15.2 Å². The molecule has 0 aliphatic heterocycles. The van der Waals surface area contributed by atoms with Gasteiger partial charge in [0.1, 0.15) is 5.75 Å². The Hall–Kier alpha value is -2.67. The standard InChI is InChI=1S/C15H14N2O2/c1-10-7-11(9-16)3-5-13(10)19-15-8-12(17)4-6-14(15)18-2/h3-8H,17H2,1-2H3. The van der Waals surface area contributed by atoms with Crippen molar-refractivity contribution in [2.75, 3.05) is 12.8 Å². The number of methoxy groups -OCH3 is 1. The van der Waals surface area contributed by atoms with Crippen LogP contribution in [0.15, 0.2) is 36.4 Å². The van der Waals surface area contributed by atoms with Crippen molar-refractivity contribution >= 4 is 5.69 Å². The van der Waals surface area contributed by atoms with E-state index in [1.807, 2.05) is 6.92 Å². The molecule has 0 fully saturated rings. The van der Waals surface area contributed by atoms with Gasteiger partial charge in [-0.25, -0.2) is 0 Å². The maximum absolute atomic E-state index is 8.83. The summed E-state index contributed by atoms with van der Waals surface area (Å²) >= 11 is 0. The Balaban J connectivity index is 2.36. The number of hydrogen-bond donors (Lipinski definition) is 1. The molecular weight excluding hydrogens is 240 g/mol. The Morgan fingerprint density at radius 2 is 1.79 bits per heavy atom. The third-order valence-electron chi connectivity index (χ3n) is 2.71. The quantitative estimate of drug-likeness (QED) is 0.854. The zero-order valence-corrected chi connectivity index (χ0v) is 10.8. The fraction of sp³-hybridized carbons (Fsp3) is 0.133. The topological polar surface area (TPSA) is 68.3 Å². The Morgan fingerprint density at radius 3 is 2.42 bits per heavy atom. The molecule has 2 rings (SSSR count). The second-order valence-corrected chi connectivity index (χ2v) is 4.10. The molecule has 2 aromatic rings. The van der Waals surface area contributed by atoms with E-state index in [-0.39, 0.29) is 0 Å². The fourth-order valence-electron chi connectivity index (χ4n) is 1.72. The highest BCUT2D eigenvalue weighted by Gasteiger charge is 2.08. The van der Waals surface area contributed by atoms with E-state index >= 15 is 0 Å². The number of rotatable bonds is 3. The first kappa shape index (κ1) is 12.8. The fourth-order valence-corrected chi connectivity index (χ4v) is 1.72. The molecule has 4 nitrogen and oxygen atoms in total. The highest BCUT2D eigenvalue weighted by Crippen LogP contribution is 2.34. The minimum absolute atomic E-state index is 0.551. The summed E-state index contributed by atoms with van der Waals surface area (Å²) < 4.78 is 11.0. The van der Waals surface area contributed by atoms with Gasteiger partial charge in [0.05, 0.1) is 18.7 Å². The third-order valence-corrected chi connectivity index (χ3v) is 2.71. The lowest BCUT2D eigenvalue weighted by atomic mass is 10.1. The average Bonchev–Trinajstić information content (AvgIpc) is 2.41. The van der Waals surface area contributed by atoms with Crippen molar-refractivity contribution in [1.29, 1.82) is 5.26 Å². The molecule has 0 aliphatic carbocycles. The third kappa shape index (κ3) is 2.78. The van der Waals surface area contributed by atoms with Gasteiger partial charge in [-0.05, 0) is 42.8 Å². The minimum Gasteiger partial charge on any atom is -0.493 e. The van der Waals surface area contributed by atoms with Gasteiger partial charge >= 0.3 is 0 Å². The van der Waals surface area contributed by atoms with Crippen molar-refractivity contribution < 1.29 is 9.47 Å². The number of benzene rings is 2. The summed E-state index contributed by atoms with van der Waals surface area (Å²) in [5.74, 6) is 1.83. The zero-order chi connectivity index (χ0) is 13.8. The number of nitrogens with two attached hydrogens (primary N) is 1. The first-order valence-corrected chi connectivity index (χ1v) is 5.76. The Kier molecular flexibility index (Phi) is 3.58. The molecule has 0 atom stereocenters. The Labute approximate surface area is 112 Å². The maximum atomic E-state index is 8.83. The summed E-state index contributed by atoms with van der Waals surface area (Å²) in [5.41, 5.74) is 7.82. The molecule has 96 valence electrons. The summed E-state index contributed by atoms with van der Waals surface area (Å²) in [7, 11) is 1.57. The van der Waals surface area contributed by atoms with Crippen LogP contribution in [0.3, 0.4) is 0 Å². The highest BCUT2D eigenvalue weighted by atomic mass is 16.5. The molecule has 0 bridgehead atoms. The van der Waals surface area contributed by atoms with Gasteiger partial charge in [0.15, 0.2) is 11.5 Å². The van der Waals surface area contributed by atoms with E-state index in [4.69, 9.17) is 20.5 Å². The van der Waals surface area contributed by atoms with Crippen molar-refractivity contribution in [2.24, 2.45) is 0 Å². The molecule has 0 heterocycles. The van der Waals surface area contributed by atoms with E-state index in [2.05, 4.69) is 6.07 Å². The number of hydrogen-bond acceptors (Lipinski definition) is 4. The molecule has 0 radical (unpaired) electrons. The number of nitrogens with zero attached hydrogens (tertiary/aromatic N) is 1. The van der Waals surface area contributed by atoms with Gasteiger partial charge in [-0.15, -0.1) is 0 Å². The number of nitrogen functional groups attached to an aromatic ring is 1. The van der Waals surface area contributed by atoms with Crippen molar-refractivity contribution in [3.05, 3.63) is 47.5 Å². The summed E-state index contributed by atoms with van der Waals surface area (Å²) in [4.78, 5) is 0. The van der Waals surface area contributed by atoms with Crippen molar-refractivity contribution in [3.8, 4) is 23.3 Å². The summed E-state index contributed by atoms with van der Waals surface area (Å²) in [6, 6.07) is 12.5. The minimum atomic E-state index is 0.551. The Bertz CT molecular complexity index is 645. The number of aryl methyl sites for hydroxylation is 1. The second kappa shape index (κ2) is 5.32. The maximum Gasteiger partial charge on any atom is 0.171 e. The number of ether oxygens (including phenoxy) is 2. The van der Waals surface area contributed by atoms with Crippen LogP contribution in [0.2, 0.25) is 0 Å². The van der Waals surface area contributed by atoms with Crippen LogP contribution in [0, 0.1) is 18.3 Å². The largest absolute Gasteiger partial charge is 0.493 e. The molecule has 4 heteroatoms. The lowest BCUT2D eigenvalue weighted by Gasteiger charge is -2.12. The molecule has 2 N–H and O–H groups in total. The van der Waals surface area contributed by atoms with Gasteiger partial charge in [0.25, 0.3) is 0 Å². The lowest BCUT2D eigenvalue weighted by Crippen LogP contribution is -1.94. The monoisotopic (exact) mass is 254 g/mol. The summed E-state index contributed by atoms with van der Waals surface area (Å²) in [6.07, 6.45) is 0. The predicted octanol–water partition coefficient (Wildman–Crippen LogP) is 3.25. The van der Waals surface area contributed by atoms with E-state index in [0.29, 0.717) is 28.5 Å². The van der Waals surface area contributed by atoms with Crippen LogP contribution in [0.5, 0.6) is 17.2 Å². The van der Waals surface area contributed by atoms with Crippen LogP contribution in [0.25, 0.3) is 0 Å². The van der Waals surface area contributed by atoms with Crippen molar-refractivity contribution in [2.45, 2.75) is 6.92 Å². The normalized spacial score (nSPS) is 9.74. The van der Waals surface area contributed by atoms with E-state index < -0.39 is 0 Å². The van der Waals surface area contributed by atoms with Gasteiger partial charge in [0, 0.05) is 11.8 Å². The first-order valence-electron chi connectivity index (χ1n) is 5.76. The van der Waals surface area contributed by atoms with Gasteiger partial charge in [-0.3, -0.25) is 0 Å². The van der Waals surface area contributed by atoms with Crippen LogP contribution >= 0.6 is 0 Å².